The molecule has 0 radical (unpaired) electrons. The topological polar surface area (TPSA) is 50.4 Å². The van der Waals surface area contributed by atoms with E-state index in [1.54, 1.807) is 0 Å². The quantitative estimate of drug-likeness (QED) is 0.553. The van der Waals surface area contributed by atoms with E-state index in [9.17, 15) is 0 Å². The number of nitrogens with zero attached hydrogens (tertiary/aromatic N) is 1. The van der Waals surface area contributed by atoms with Crippen LogP contribution in [0, 0.1) is 0 Å². The lowest BCUT2D eigenvalue weighted by atomic mass is 9.83. The maximum absolute atomic E-state index is 5.91. The molecule has 3 N–H and O–H groups in total. The summed E-state index contributed by atoms with van der Waals surface area (Å²) in [5.41, 5.74) is 12.7. The van der Waals surface area contributed by atoms with Crippen LogP contribution in [0.5, 0.6) is 0 Å². The number of aliphatic imine (C=N–C) groups is 1. The first kappa shape index (κ1) is 20.9. The number of hydrogen-bond acceptors (Lipinski definition) is 3. The minimum atomic E-state index is 0.124. The molecule has 0 bridgehead atoms. The van der Waals surface area contributed by atoms with Gasteiger partial charge in [-0.1, -0.05) is 74.9 Å². The number of allylic oxidation sites excluding steroid dienone is 6. The molecule has 3 nitrogen and oxygen atoms in total. The molecule has 0 unspecified atom stereocenters. The zero-order chi connectivity index (χ0) is 20.9. The van der Waals surface area contributed by atoms with Crippen LogP contribution in [0.15, 0.2) is 78.0 Å². The van der Waals surface area contributed by atoms with Gasteiger partial charge in [0.1, 0.15) is 0 Å². The summed E-state index contributed by atoms with van der Waals surface area (Å²) in [5.74, 6) is 0. The lowest BCUT2D eigenvalue weighted by molar-refractivity contribution is 0.278. The largest absolute Gasteiger partial charge is 0.399 e. The summed E-state index contributed by atoms with van der Waals surface area (Å²) in [6.45, 7) is 12.5. The summed E-state index contributed by atoms with van der Waals surface area (Å²) in [5, 5.41) is 3.70. The third-order valence-corrected chi connectivity index (χ3v) is 5.77. The first-order chi connectivity index (χ1) is 13.9. The molecule has 1 aromatic carbocycles. The maximum Gasteiger partial charge on any atom is 0.0742 e. The van der Waals surface area contributed by atoms with Gasteiger partial charge in [0, 0.05) is 28.9 Å². The average molecular weight is 388 g/mol. The Morgan fingerprint density at radius 1 is 1.17 bits per heavy atom. The Kier molecular flexibility index (Phi) is 6.58. The monoisotopic (exact) mass is 387 g/mol. The van der Waals surface area contributed by atoms with Crippen molar-refractivity contribution in [1.29, 1.82) is 0 Å². The van der Waals surface area contributed by atoms with E-state index in [0.29, 0.717) is 5.70 Å². The predicted octanol–water partition coefficient (Wildman–Crippen LogP) is 6.13. The number of benzene rings is 1. The molecule has 1 saturated carbocycles. The minimum absolute atomic E-state index is 0.124. The highest BCUT2D eigenvalue weighted by Crippen LogP contribution is 2.34. The first-order valence-corrected chi connectivity index (χ1v) is 10.5. The molecule has 0 saturated heterocycles. The van der Waals surface area contributed by atoms with Gasteiger partial charge in [-0.15, -0.1) is 0 Å². The van der Waals surface area contributed by atoms with E-state index in [1.807, 2.05) is 31.2 Å². The number of hydrogen-bond donors (Lipinski definition) is 2. The zero-order valence-corrected chi connectivity index (χ0v) is 17.8. The zero-order valence-electron chi connectivity index (χ0n) is 17.8. The van der Waals surface area contributed by atoms with Crippen molar-refractivity contribution in [3.8, 4) is 0 Å². The predicted molar refractivity (Wildman–Crippen MR) is 126 cm³/mol. The standard InChI is InChI=1S/C26H33N3/c1-5-6-8-12-23-18-24(20(3)29-26(4)15-9-7-10-16-26)28-25(23)22-14-11-13-21(17-22)19(2)27/h5-6,8,11-14,17,29H,2-3,7,9-10,15-16,18,27H2,1,4H3/b6-5-,12-8-. The number of nitrogens with one attached hydrogen (secondary N) is 1. The van der Waals surface area contributed by atoms with Gasteiger partial charge in [-0.3, -0.25) is 4.99 Å². The lowest BCUT2D eigenvalue weighted by Gasteiger charge is -2.36. The molecule has 1 aliphatic carbocycles. The Morgan fingerprint density at radius 2 is 1.93 bits per heavy atom. The summed E-state index contributed by atoms with van der Waals surface area (Å²) in [6.07, 6.45) is 15.3. The Labute approximate surface area is 175 Å². The van der Waals surface area contributed by atoms with Gasteiger partial charge in [0.05, 0.1) is 11.4 Å². The van der Waals surface area contributed by atoms with Gasteiger partial charge in [-0.2, -0.15) is 0 Å². The molecule has 1 aliphatic heterocycles. The van der Waals surface area contributed by atoms with Crippen molar-refractivity contribution >= 4 is 17.1 Å². The summed E-state index contributed by atoms with van der Waals surface area (Å²) in [7, 11) is 0. The van der Waals surface area contributed by atoms with Crippen LogP contribution in [-0.4, -0.2) is 11.3 Å². The van der Waals surface area contributed by atoms with Crippen LogP contribution in [0.2, 0.25) is 0 Å². The Morgan fingerprint density at radius 3 is 2.62 bits per heavy atom. The van der Waals surface area contributed by atoms with Crippen LogP contribution in [-0.2, 0) is 0 Å². The molecule has 0 spiro atoms. The first-order valence-electron chi connectivity index (χ1n) is 10.5. The number of nitrogens with two attached hydrogens (primary N) is 1. The normalized spacial score (nSPS) is 19.0. The van der Waals surface area contributed by atoms with Crippen molar-refractivity contribution in [3.63, 3.8) is 0 Å². The van der Waals surface area contributed by atoms with Gasteiger partial charge in [0.2, 0.25) is 0 Å². The Balaban J connectivity index is 1.88. The van der Waals surface area contributed by atoms with Crippen molar-refractivity contribution in [2.24, 2.45) is 10.7 Å². The molecule has 3 heteroatoms. The van der Waals surface area contributed by atoms with Gasteiger partial charge in [-0.05, 0) is 43.9 Å². The van der Waals surface area contributed by atoms with Gasteiger partial charge in [-0.25, -0.2) is 0 Å². The molecule has 1 fully saturated rings. The summed E-state index contributed by atoms with van der Waals surface area (Å²) >= 11 is 0. The van der Waals surface area contributed by atoms with Crippen LogP contribution in [0.4, 0.5) is 0 Å². The van der Waals surface area contributed by atoms with Crippen LogP contribution in [0.1, 0.15) is 63.5 Å². The summed E-state index contributed by atoms with van der Waals surface area (Å²) in [4.78, 5) is 5.00. The van der Waals surface area contributed by atoms with E-state index >= 15 is 0 Å². The minimum Gasteiger partial charge on any atom is -0.399 e. The van der Waals surface area contributed by atoms with E-state index in [-0.39, 0.29) is 5.54 Å². The molecule has 1 aromatic rings. The van der Waals surface area contributed by atoms with Gasteiger partial charge in [0.15, 0.2) is 0 Å². The van der Waals surface area contributed by atoms with E-state index in [1.165, 1.54) is 37.7 Å². The third kappa shape index (κ3) is 5.17. The molecule has 29 heavy (non-hydrogen) atoms. The summed E-state index contributed by atoms with van der Waals surface area (Å²) in [6, 6.07) is 8.13. The van der Waals surface area contributed by atoms with E-state index in [0.717, 1.165) is 34.7 Å². The molecule has 2 aliphatic rings. The fourth-order valence-corrected chi connectivity index (χ4v) is 4.11. The Hall–Kier alpha value is -2.81. The van der Waals surface area contributed by atoms with Crippen molar-refractivity contribution in [2.75, 3.05) is 0 Å². The highest BCUT2D eigenvalue weighted by Gasteiger charge is 2.29. The fraction of sp³-hybridized carbons (Fsp3) is 0.346. The SMILES string of the molecule is C=C(NC1(C)CCCCC1)C1=NC(c2cccc(C(=C)N)c2)=C(/C=C\C=C/C)C1. The second-order valence-corrected chi connectivity index (χ2v) is 8.32. The molecule has 3 rings (SSSR count). The molecule has 152 valence electrons. The van der Waals surface area contributed by atoms with Crippen LogP contribution < -0.4 is 11.1 Å². The maximum atomic E-state index is 5.91. The highest BCUT2D eigenvalue weighted by atomic mass is 15.0. The Bertz CT molecular complexity index is 906. The third-order valence-electron chi connectivity index (χ3n) is 5.77. The van der Waals surface area contributed by atoms with Crippen molar-refractivity contribution in [3.05, 3.63) is 84.1 Å². The molecule has 0 amide bonds. The highest BCUT2D eigenvalue weighted by molar-refractivity contribution is 6.08. The van der Waals surface area contributed by atoms with Crippen LogP contribution in [0.3, 0.4) is 0 Å². The van der Waals surface area contributed by atoms with E-state index in [4.69, 9.17) is 10.7 Å². The molecule has 0 atom stereocenters. The smallest absolute Gasteiger partial charge is 0.0742 e. The molecule has 1 heterocycles. The molecule has 0 aromatic heterocycles. The second-order valence-electron chi connectivity index (χ2n) is 8.32. The van der Waals surface area contributed by atoms with Gasteiger partial charge in [0.25, 0.3) is 0 Å². The molecular formula is C26H33N3. The molecular weight excluding hydrogens is 354 g/mol. The van der Waals surface area contributed by atoms with Crippen LogP contribution in [0.25, 0.3) is 11.4 Å². The van der Waals surface area contributed by atoms with E-state index < -0.39 is 0 Å². The van der Waals surface area contributed by atoms with Gasteiger partial charge >= 0.3 is 0 Å². The second kappa shape index (κ2) is 9.13. The van der Waals surface area contributed by atoms with Crippen molar-refractivity contribution in [2.45, 2.75) is 57.9 Å². The van der Waals surface area contributed by atoms with Crippen molar-refractivity contribution in [1.82, 2.24) is 5.32 Å². The lowest BCUT2D eigenvalue weighted by Crippen LogP contribution is -2.44. The van der Waals surface area contributed by atoms with Gasteiger partial charge < -0.3 is 11.1 Å². The number of rotatable bonds is 7. The van der Waals surface area contributed by atoms with Crippen LogP contribution >= 0.6 is 0 Å². The van der Waals surface area contributed by atoms with Crippen molar-refractivity contribution < 1.29 is 0 Å². The van der Waals surface area contributed by atoms with E-state index in [2.05, 4.69) is 49.7 Å². The average Bonchev–Trinajstić information content (AvgIpc) is 3.13. The fourth-order valence-electron chi connectivity index (χ4n) is 4.11. The summed E-state index contributed by atoms with van der Waals surface area (Å²) < 4.78 is 0.